The van der Waals surface area contributed by atoms with Crippen LogP contribution in [0.15, 0.2) is 48.5 Å². The van der Waals surface area contributed by atoms with Gasteiger partial charge in [-0.25, -0.2) is 4.98 Å². The normalized spacial score (nSPS) is 10.4. The van der Waals surface area contributed by atoms with Crippen LogP contribution in [0.4, 0.5) is 10.8 Å². The third-order valence-corrected chi connectivity index (χ3v) is 4.58. The van der Waals surface area contributed by atoms with Crippen molar-refractivity contribution in [1.29, 1.82) is 0 Å². The maximum absolute atomic E-state index is 12.8. The van der Waals surface area contributed by atoms with Gasteiger partial charge in [0.25, 0.3) is 5.91 Å². The van der Waals surface area contributed by atoms with Crippen molar-refractivity contribution in [2.45, 2.75) is 13.8 Å². The van der Waals surface area contributed by atoms with Crippen LogP contribution in [0.25, 0.3) is 11.3 Å². The fraction of sp³-hybridized carbons (Fsp3) is 0.200. The van der Waals surface area contributed by atoms with Gasteiger partial charge in [0, 0.05) is 17.3 Å². The van der Waals surface area contributed by atoms with Crippen molar-refractivity contribution in [1.82, 2.24) is 4.98 Å². The maximum atomic E-state index is 12.8. The number of aromatic nitrogens is 1. The number of rotatable bonds is 7. The molecule has 0 radical (unpaired) electrons. The zero-order chi connectivity index (χ0) is 19.2. The minimum absolute atomic E-state index is 0.269. The van der Waals surface area contributed by atoms with Gasteiger partial charge in [-0.15, -0.1) is 0 Å². The van der Waals surface area contributed by atoms with E-state index in [9.17, 15) is 4.79 Å². The summed E-state index contributed by atoms with van der Waals surface area (Å²) in [5.41, 5.74) is 7.89. The molecule has 0 fully saturated rings. The van der Waals surface area contributed by atoms with Gasteiger partial charge in [-0.3, -0.25) is 4.79 Å². The van der Waals surface area contributed by atoms with Gasteiger partial charge in [0.1, 0.15) is 4.88 Å². The molecule has 0 saturated carbocycles. The van der Waals surface area contributed by atoms with E-state index in [-0.39, 0.29) is 5.91 Å². The lowest BCUT2D eigenvalue weighted by atomic mass is 10.1. The molecule has 0 aliphatic rings. The van der Waals surface area contributed by atoms with E-state index in [2.05, 4.69) is 10.3 Å². The summed E-state index contributed by atoms with van der Waals surface area (Å²) in [5, 5.41) is 3.24. The van der Waals surface area contributed by atoms with Gasteiger partial charge in [-0.05, 0) is 26.0 Å². The number of nitrogens with one attached hydrogen (secondary N) is 1. The second-order valence-corrected chi connectivity index (χ2v) is 6.61. The van der Waals surface area contributed by atoms with E-state index in [0.29, 0.717) is 46.1 Å². The molecule has 0 saturated heterocycles. The minimum Gasteiger partial charge on any atom is -0.490 e. The first-order chi connectivity index (χ1) is 13.1. The third kappa shape index (κ3) is 4.38. The molecule has 0 spiro atoms. The number of ether oxygens (including phenoxy) is 2. The summed E-state index contributed by atoms with van der Waals surface area (Å²) in [6.07, 6.45) is 0. The molecule has 0 aliphatic heterocycles. The quantitative estimate of drug-likeness (QED) is 0.630. The Hall–Kier alpha value is -3.06. The van der Waals surface area contributed by atoms with Crippen LogP contribution < -0.4 is 20.5 Å². The van der Waals surface area contributed by atoms with E-state index in [4.69, 9.17) is 15.2 Å². The van der Waals surface area contributed by atoms with Gasteiger partial charge in [0.15, 0.2) is 16.6 Å². The molecule has 27 heavy (non-hydrogen) atoms. The van der Waals surface area contributed by atoms with E-state index in [1.165, 1.54) is 0 Å². The van der Waals surface area contributed by atoms with Crippen LogP contribution in [0.1, 0.15) is 23.5 Å². The van der Waals surface area contributed by atoms with Crippen molar-refractivity contribution in [3.8, 4) is 22.8 Å². The van der Waals surface area contributed by atoms with Crippen molar-refractivity contribution < 1.29 is 14.3 Å². The average Bonchev–Trinajstić information content (AvgIpc) is 3.07. The molecule has 0 atom stereocenters. The number of nitrogens with zero attached hydrogens (tertiary/aromatic N) is 1. The van der Waals surface area contributed by atoms with Gasteiger partial charge in [-0.1, -0.05) is 41.7 Å². The smallest absolute Gasteiger partial charge is 0.268 e. The summed E-state index contributed by atoms with van der Waals surface area (Å²) in [7, 11) is 0. The van der Waals surface area contributed by atoms with Gasteiger partial charge >= 0.3 is 0 Å². The fourth-order valence-corrected chi connectivity index (χ4v) is 3.35. The molecular formula is C20H21N3O3S. The lowest BCUT2D eigenvalue weighted by Crippen LogP contribution is -2.12. The number of hydrogen-bond acceptors (Lipinski definition) is 6. The van der Waals surface area contributed by atoms with Gasteiger partial charge in [0.2, 0.25) is 0 Å². The van der Waals surface area contributed by atoms with Gasteiger partial charge < -0.3 is 20.5 Å². The zero-order valence-corrected chi connectivity index (χ0v) is 16.0. The second-order valence-electron chi connectivity index (χ2n) is 5.58. The Bertz CT molecular complexity index is 925. The molecular weight excluding hydrogens is 362 g/mol. The van der Waals surface area contributed by atoms with Crippen LogP contribution in [0.3, 0.4) is 0 Å². The zero-order valence-electron chi connectivity index (χ0n) is 15.2. The van der Waals surface area contributed by atoms with Crippen LogP contribution in [0.2, 0.25) is 0 Å². The first kappa shape index (κ1) is 18.7. The standard InChI is InChI=1S/C20H21N3O3S/c1-3-25-15-11-10-14(12-16(15)26-4-2)22-19(24)18-17(23-20(21)27-18)13-8-6-5-7-9-13/h5-12H,3-4H2,1-2H3,(H2,21,23)(H,22,24). The molecule has 0 unspecified atom stereocenters. The summed E-state index contributed by atoms with van der Waals surface area (Å²) in [4.78, 5) is 17.6. The van der Waals surface area contributed by atoms with Crippen LogP contribution in [0.5, 0.6) is 11.5 Å². The Kier molecular flexibility index (Phi) is 5.93. The molecule has 1 heterocycles. The Morgan fingerprint density at radius 2 is 1.78 bits per heavy atom. The maximum Gasteiger partial charge on any atom is 0.268 e. The SMILES string of the molecule is CCOc1ccc(NC(=O)c2sc(N)nc2-c2ccccc2)cc1OCC. The van der Waals surface area contributed by atoms with Crippen molar-refractivity contribution in [3.63, 3.8) is 0 Å². The molecule has 140 valence electrons. The van der Waals surface area contributed by atoms with E-state index < -0.39 is 0 Å². The Morgan fingerprint density at radius 3 is 2.48 bits per heavy atom. The summed E-state index contributed by atoms with van der Waals surface area (Å²) in [5.74, 6) is 0.961. The van der Waals surface area contributed by atoms with E-state index in [1.807, 2.05) is 44.2 Å². The number of thiazole rings is 1. The summed E-state index contributed by atoms with van der Waals surface area (Å²) < 4.78 is 11.2. The largest absolute Gasteiger partial charge is 0.490 e. The molecule has 0 bridgehead atoms. The van der Waals surface area contributed by atoms with E-state index in [1.54, 1.807) is 18.2 Å². The molecule has 3 rings (SSSR count). The lowest BCUT2D eigenvalue weighted by molar-refractivity contribution is 0.103. The fourth-order valence-electron chi connectivity index (χ4n) is 2.60. The first-order valence-electron chi connectivity index (χ1n) is 8.65. The summed E-state index contributed by atoms with van der Waals surface area (Å²) in [6.45, 7) is 4.84. The molecule has 3 N–H and O–H groups in total. The molecule has 2 aromatic carbocycles. The molecule has 6 nitrogen and oxygen atoms in total. The Balaban J connectivity index is 1.87. The topological polar surface area (TPSA) is 86.5 Å². The average molecular weight is 383 g/mol. The highest BCUT2D eigenvalue weighted by Crippen LogP contribution is 2.33. The third-order valence-electron chi connectivity index (χ3n) is 3.70. The van der Waals surface area contributed by atoms with Gasteiger partial charge in [0.05, 0.1) is 18.9 Å². The molecule has 0 aliphatic carbocycles. The van der Waals surface area contributed by atoms with Crippen molar-refractivity contribution in [2.24, 2.45) is 0 Å². The second kappa shape index (κ2) is 8.55. The highest BCUT2D eigenvalue weighted by molar-refractivity contribution is 7.17. The molecule has 1 amide bonds. The summed E-state index contributed by atoms with van der Waals surface area (Å²) >= 11 is 1.16. The molecule has 1 aromatic heterocycles. The predicted octanol–water partition coefficient (Wildman–Crippen LogP) is 4.44. The highest BCUT2D eigenvalue weighted by Gasteiger charge is 2.19. The van der Waals surface area contributed by atoms with Crippen molar-refractivity contribution >= 4 is 28.1 Å². The van der Waals surface area contributed by atoms with Crippen LogP contribution in [0, 0.1) is 0 Å². The molecule has 3 aromatic rings. The number of nitrogens with two attached hydrogens (primary N) is 1. The van der Waals surface area contributed by atoms with Gasteiger partial charge in [-0.2, -0.15) is 0 Å². The minimum atomic E-state index is -0.269. The molecule has 7 heteroatoms. The highest BCUT2D eigenvalue weighted by atomic mass is 32.1. The number of benzene rings is 2. The number of hydrogen-bond donors (Lipinski definition) is 2. The van der Waals surface area contributed by atoms with E-state index in [0.717, 1.165) is 16.9 Å². The van der Waals surface area contributed by atoms with E-state index >= 15 is 0 Å². The number of nitrogen functional groups attached to an aromatic ring is 1. The van der Waals surface area contributed by atoms with Crippen LogP contribution in [-0.4, -0.2) is 24.1 Å². The lowest BCUT2D eigenvalue weighted by Gasteiger charge is -2.13. The predicted molar refractivity (Wildman–Crippen MR) is 109 cm³/mol. The van der Waals surface area contributed by atoms with Crippen LogP contribution >= 0.6 is 11.3 Å². The summed E-state index contributed by atoms with van der Waals surface area (Å²) in [6, 6.07) is 14.8. The van der Waals surface area contributed by atoms with Crippen molar-refractivity contribution in [3.05, 3.63) is 53.4 Å². The Morgan fingerprint density at radius 1 is 1.07 bits per heavy atom. The Labute approximate surface area is 162 Å². The first-order valence-corrected chi connectivity index (χ1v) is 9.46. The number of carbonyl (C=O) groups excluding carboxylic acids is 1. The van der Waals surface area contributed by atoms with Crippen LogP contribution in [-0.2, 0) is 0 Å². The monoisotopic (exact) mass is 383 g/mol. The van der Waals surface area contributed by atoms with Crippen molar-refractivity contribution in [2.75, 3.05) is 24.3 Å². The number of carbonyl (C=O) groups is 1. The number of anilines is 2. The number of amides is 1.